The van der Waals surface area contributed by atoms with E-state index in [1.807, 2.05) is 0 Å². The largest absolute Gasteiger partial charge is 0.463 e. The first kappa shape index (κ1) is 32.6. The molecule has 1 unspecified atom stereocenters. The zero-order valence-electron chi connectivity index (χ0n) is 21.3. The predicted molar refractivity (Wildman–Crippen MR) is 133 cm³/mol. The van der Waals surface area contributed by atoms with Gasteiger partial charge in [-0.3, -0.25) is 4.79 Å². The molecular weight excluding hydrogens is 388 g/mol. The van der Waals surface area contributed by atoms with Crippen LogP contribution in [0.15, 0.2) is 0 Å². The summed E-state index contributed by atoms with van der Waals surface area (Å²) in [6.07, 6.45) is 24.8. The number of unbranched alkanes of at least 4 members (excludes halogenated alkanes) is 17. The molecule has 0 aromatic heterocycles. The number of carbonyl (C=O) groups is 1. The van der Waals surface area contributed by atoms with Gasteiger partial charge >= 0.3 is 5.97 Å². The summed E-state index contributed by atoms with van der Waals surface area (Å²) < 4.78 is 4.82. The Hall–Kier alpha value is -0.610. The summed E-state index contributed by atoms with van der Waals surface area (Å²) in [5.41, 5.74) is 0. The molecule has 2 N–H and O–H groups in total. The average molecular weight is 445 g/mol. The third-order valence-electron chi connectivity index (χ3n) is 5.59. The van der Waals surface area contributed by atoms with E-state index in [2.05, 4.69) is 20.8 Å². The van der Waals surface area contributed by atoms with Crippen LogP contribution < -0.4 is 0 Å². The van der Waals surface area contributed by atoms with Crippen molar-refractivity contribution in [2.45, 2.75) is 155 Å². The summed E-state index contributed by atoms with van der Waals surface area (Å²) in [5.74, 6) is -0.282. The van der Waals surface area contributed by atoms with Gasteiger partial charge in [-0.05, 0) is 6.42 Å². The molecule has 0 saturated heterocycles. The Labute approximate surface area is 194 Å². The topological polar surface area (TPSA) is 66.8 Å². The van der Waals surface area contributed by atoms with Crippen molar-refractivity contribution in [1.82, 2.24) is 0 Å². The minimum atomic E-state index is -0.952. The van der Waals surface area contributed by atoms with Crippen LogP contribution in [0.5, 0.6) is 0 Å². The Morgan fingerprint density at radius 3 is 1.26 bits per heavy atom. The van der Waals surface area contributed by atoms with E-state index in [-0.39, 0.29) is 19.2 Å². The minimum Gasteiger partial charge on any atom is -0.463 e. The molecule has 4 heteroatoms. The molecule has 0 fully saturated rings. The van der Waals surface area contributed by atoms with Crippen LogP contribution in [0.25, 0.3) is 0 Å². The Morgan fingerprint density at radius 2 is 0.935 bits per heavy atom. The fourth-order valence-electron chi connectivity index (χ4n) is 3.45. The van der Waals surface area contributed by atoms with E-state index in [0.29, 0.717) is 6.42 Å². The molecule has 0 radical (unpaired) electrons. The van der Waals surface area contributed by atoms with Crippen LogP contribution in [-0.2, 0) is 9.53 Å². The van der Waals surface area contributed by atoms with E-state index in [1.165, 1.54) is 109 Å². The van der Waals surface area contributed by atoms with Crippen LogP contribution >= 0.6 is 0 Å². The van der Waals surface area contributed by atoms with E-state index < -0.39 is 6.10 Å². The summed E-state index contributed by atoms with van der Waals surface area (Å²) in [4.78, 5) is 11.3. The summed E-state index contributed by atoms with van der Waals surface area (Å²) in [5, 5.41) is 17.6. The van der Waals surface area contributed by atoms with Gasteiger partial charge in [0.2, 0.25) is 0 Å². The second kappa shape index (κ2) is 29.4. The molecule has 0 bridgehead atoms. The van der Waals surface area contributed by atoms with E-state index >= 15 is 0 Å². The number of rotatable bonds is 22. The highest BCUT2D eigenvalue weighted by Gasteiger charge is 2.07. The molecule has 188 valence electrons. The summed E-state index contributed by atoms with van der Waals surface area (Å²) >= 11 is 0. The standard InChI is InChI=1S/C15H30O4.C12H26/c1-2-3-4-5-6-7-8-9-10-11-15(18)19-13-14(17)12-16;1-3-5-7-9-11-12-10-8-6-4-2/h14,16-17H,2-13H2,1H3;3-12H2,1-2H3. The van der Waals surface area contributed by atoms with Gasteiger partial charge in [-0.2, -0.15) is 0 Å². The van der Waals surface area contributed by atoms with Gasteiger partial charge in [0, 0.05) is 6.42 Å². The van der Waals surface area contributed by atoms with Crippen molar-refractivity contribution in [2.75, 3.05) is 13.2 Å². The average Bonchev–Trinajstić information content (AvgIpc) is 2.78. The van der Waals surface area contributed by atoms with Crippen molar-refractivity contribution in [1.29, 1.82) is 0 Å². The molecule has 31 heavy (non-hydrogen) atoms. The normalized spacial score (nSPS) is 11.6. The van der Waals surface area contributed by atoms with Crippen LogP contribution in [0.3, 0.4) is 0 Å². The third-order valence-corrected chi connectivity index (χ3v) is 5.59. The molecule has 0 aliphatic carbocycles. The SMILES string of the molecule is CCCCCCCCCCCC.CCCCCCCCCCCC(=O)OCC(O)CO. The number of aliphatic hydroxyl groups is 2. The number of ether oxygens (including phenoxy) is 1. The zero-order chi connectivity index (χ0) is 23.4. The van der Waals surface area contributed by atoms with E-state index in [0.717, 1.165) is 12.8 Å². The number of aliphatic hydroxyl groups excluding tert-OH is 2. The van der Waals surface area contributed by atoms with Crippen LogP contribution in [0.4, 0.5) is 0 Å². The summed E-state index contributed by atoms with van der Waals surface area (Å²) in [7, 11) is 0. The second-order valence-corrected chi connectivity index (χ2v) is 8.93. The molecule has 0 aliphatic heterocycles. The lowest BCUT2D eigenvalue weighted by atomic mass is 10.1. The molecule has 4 nitrogen and oxygen atoms in total. The maximum Gasteiger partial charge on any atom is 0.305 e. The van der Waals surface area contributed by atoms with Gasteiger partial charge < -0.3 is 14.9 Å². The molecule has 1 atom stereocenters. The molecule has 0 heterocycles. The first-order chi connectivity index (χ1) is 15.1. The fraction of sp³-hybridized carbons (Fsp3) is 0.963. The van der Waals surface area contributed by atoms with Crippen LogP contribution in [0.1, 0.15) is 149 Å². The maximum atomic E-state index is 11.3. The third kappa shape index (κ3) is 31.7. The van der Waals surface area contributed by atoms with Crippen molar-refractivity contribution in [3.8, 4) is 0 Å². The quantitative estimate of drug-likeness (QED) is 0.132. The summed E-state index contributed by atoms with van der Waals surface area (Å²) in [6.45, 7) is 6.30. The van der Waals surface area contributed by atoms with Gasteiger partial charge in [0.1, 0.15) is 12.7 Å². The number of hydrogen-bond donors (Lipinski definition) is 2. The highest BCUT2D eigenvalue weighted by atomic mass is 16.5. The van der Waals surface area contributed by atoms with Gasteiger partial charge in [0.05, 0.1) is 6.61 Å². The van der Waals surface area contributed by atoms with Crippen molar-refractivity contribution >= 4 is 5.97 Å². The number of esters is 1. The van der Waals surface area contributed by atoms with E-state index in [4.69, 9.17) is 14.9 Å². The zero-order valence-corrected chi connectivity index (χ0v) is 21.3. The smallest absolute Gasteiger partial charge is 0.305 e. The summed E-state index contributed by atoms with van der Waals surface area (Å²) in [6, 6.07) is 0. The van der Waals surface area contributed by atoms with Gasteiger partial charge in [0.25, 0.3) is 0 Å². The van der Waals surface area contributed by atoms with E-state index in [9.17, 15) is 4.79 Å². The van der Waals surface area contributed by atoms with Gasteiger partial charge in [-0.25, -0.2) is 0 Å². The molecular formula is C27H56O4. The molecule has 0 rings (SSSR count). The van der Waals surface area contributed by atoms with Gasteiger partial charge in [-0.1, -0.05) is 136 Å². The van der Waals surface area contributed by atoms with Crippen molar-refractivity contribution in [2.24, 2.45) is 0 Å². The molecule has 0 spiro atoms. The van der Waals surface area contributed by atoms with Crippen LogP contribution in [-0.4, -0.2) is 35.5 Å². The molecule has 0 aromatic rings. The molecule has 0 amide bonds. The Bertz CT molecular complexity index is 323. The highest BCUT2D eigenvalue weighted by molar-refractivity contribution is 5.69. The first-order valence-electron chi connectivity index (χ1n) is 13.6. The lowest BCUT2D eigenvalue weighted by molar-refractivity contribution is -0.147. The van der Waals surface area contributed by atoms with Gasteiger partial charge in [-0.15, -0.1) is 0 Å². The lowest BCUT2D eigenvalue weighted by Crippen LogP contribution is -2.21. The first-order valence-corrected chi connectivity index (χ1v) is 13.6. The minimum absolute atomic E-state index is 0.104. The molecule has 0 saturated carbocycles. The van der Waals surface area contributed by atoms with E-state index in [1.54, 1.807) is 0 Å². The predicted octanol–water partition coefficient (Wildman–Crippen LogP) is 7.73. The fourth-order valence-corrected chi connectivity index (χ4v) is 3.45. The van der Waals surface area contributed by atoms with Crippen molar-refractivity contribution in [3.05, 3.63) is 0 Å². The second-order valence-electron chi connectivity index (χ2n) is 8.93. The number of hydrogen-bond acceptors (Lipinski definition) is 4. The number of carbonyl (C=O) groups excluding carboxylic acids is 1. The highest BCUT2D eigenvalue weighted by Crippen LogP contribution is 2.11. The van der Waals surface area contributed by atoms with Crippen molar-refractivity contribution < 1.29 is 19.7 Å². The Kier molecular flexibility index (Phi) is 30.9. The van der Waals surface area contributed by atoms with Crippen molar-refractivity contribution in [3.63, 3.8) is 0 Å². The Balaban J connectivity index is 0. The maximum absolute atomic E-state index is 11.3. The molecule has 0 aromatic carbocycles. The van der Waals surface area contributed by atoms with Crippen LogP contribution in [0.2, 0.25) is 0 Å². The lowest BCUT2D eigenvalue weighted by Gasteiger charge is -2.08. The van der Waals surface area contributed by atoms with Gasteiger partial charge in [0.15, 0.2) is 0 Å². The van der Waals surface area contributed by atoms with Crippen LogP contribution in [0, 0.1) is 0 Å². The molecule has 0 aliphatic rings. The Morgan fingerprint density at radius 1 is 0.613 bits per heavy atom. The monoisotopic (exact) mass is 444 g/mol.